The van der Waals surface area contributed by atoms with Crippen molar-refractivity contribution in [1.29, 1.82) is 0 Å². The number of rotatable bonds is 6. The normalized spacial score (nSPS) is 19.7. The first kappa shape index (κ1) is 15.7. The molecule has 0 aliphatic heterocycles. The fourth-order valence-corrected chi connectivity index (χ4v) is 3.09. The molecule has 5 nitrogen and oxygen atoms in total. The molecule has 5 heteroatoms. The summed E-state index contributed by atoms with van der Waals surface area (Å²) >= 11 is 0. The molecular formula is C18H23N3O2. The molecule has 3 rings (SSSR count). The van der Waals surface area contributed by atoms with Gasteiger partial charge in [-0.3, -0.25) is 14.2 Å². The molecule has 0 unspecified atom stereocenters. The van der Waals surface area contributed by atoms with Gasteiger partial charge in [0.05, 0.1) is 10.9 Å². The van der Waals surface area contributed by atoms with Crippen LogP contribution >= 0.6 is 0 Å². The van der Waals surface area contributed by atoms with E-state index in [1.807, 2.05) is 25.1 Å². The zero-order valence-electron chi connectivity index (χ0n) is 13.7. The molecule has 0 spiro atoms. The minimum atomic E-state index is -0.0262. The zero-order valence-corrected chi connectivity index (χ0v) is 13.7. The smallest absolute Gasteiger partial charge is 0.261 e. The second kappa shape index (κ2) is 6.52. The Hall–Kier alpha value is -2.17. The van der Waals surface area contributed by atoms with Crippen molar-refractivity contribution in [2.45, 2.75) is 52.1 Å². The van der Waals surface area contributed by atoms with E-state index in [1.54, 1.807) is 10.6 Å². The highest BCUT2D eigenvalue weighted by Gasteiger charge is 2.36. The van der Waals surface area contributed by atoms with E-state index in [-0.39, 0.29) is 11.5 Å². The first-order valence-corrected chi connectivity index (χ1v) is 8.35. The average Bonchev–Trinajstić information content (AvgIpc) is 3.28. The van der Waals surface area contributed by atoms with Crippen molar-refractivity contribution in [3.63, 3.8) is 0 Å². The first-order valence-electron chi connectivity index (χ1n) is 8.35. The lowest BCUT2D eigenvalue weighted by Gasteiger charge is -2.10. The molecule has 2 atom stereocenters. The number of benzene rings is 1. The predicted octanol–water partition coefficient (Wildman–Crippen LogP) is 2.40. The van der Waals surface area contributed by atoms with Gasteiger partial charge in [-0.2, -0.15) is 0 Å². The van der Waals surface area contributed by atoms with Gasteiger partial charge in [-0.1, -0.05) is 25.5 Å². The lowest BCUT2D eigenvalue weighted by atomic mass is 10.2. The molecule has 0 saturated heterocycles. The summed E-state index contributed by atoms with van der Waals surface area (Å²) in [5.74, 6) is 1.45. The lowest BCUT2D eigenvalue weighted by Crippen LogP contribution is -2.28. The Kier molecular flexibility index (Phi) is 4.46. The molecule has 2 aromatic rings. The molecule has 0 radical (unpaired) electrons. The molecule has 1 amide bonds. The van der Waals surface area contributed by atoms with Crippen molar-refractivity contribution in [3.8, 4) is 0 Å². The minimum Gasteiger partial charge on any atom is -0.353 e. The highest BCUT2D eigenvalue weighted by molar-refractivity contribution is 5.77. The van der Waals surface area contributed by atoms with Gasteiger partial charge in [-0.15, -0.1) is 0 Å². The Balaban J connectivity index is 1.61. The van der Waals surface area contributed by atoms with E-state index in [0.29, 0.717) is 42.6 Å². The highest BCUT2D eigenvalue weighted by Crippen LogP contribution is 2.33. The number of nitrogens with one attached hydrogen (secondary N) is 1. The first-order chi connectivity index (χ1) is 11.1. The van der Waals surface area contributed by atoms with Crippen LogP contribution < -0.4 is 10.9 Å². The summed E-state index contributed by atoms with van der Waals surface area (Å²) in [5.41, 5.74) is 0.699. The van der Waals surface area contributed by atoms with Crippen LogP contribution in [0.1, 0.15) is 38.4 Å². The van der Waals surface area contributed by atoms with Gasteiger partial charge in [0, 0.05) is 19.0 Å². The molecule has 1 saturated carbocycles. The maximum Gasteiger partial charge on any atom is 0.261 e. The molecule has 1 aliphatic carbocycles. The summed E-state index contributed by atoms with van der Waals surface area (Å²) in [7, 11) is 0. The number of fused-ring (bicyclic) bond motifs is 1. The molecule has 0 bridgehead atoms. The third-order valence-corrected chi connectivity index (χ3v) is 4.63. The summed E-state index contributed by atoms with van der Waals surface area (Å²) in [4.78, 5) is 28.9. The Bertz CT molecular complexity index is 781. The Morgan fingerprint density at radius 1 is 1.39 bits per heavy atom. The number of carbonyl (C=O) groups is 1. The number of para-hydroxylation sites is 1. The van der Waals surface area contributed by atoms with Gasteiger partial charge in [0.25, 0.3) is 5.56 Å². The van der Waals surface area contributed by atoms with E-state index in [9.17, 15) is 9.59 Å². The van der Waals surface area contributed by atoms with E-state index in [1.165, 1.54) is 0 Å². The monoisotopic (exact) mass is 313 g/mol. The van der Waals surface area contributed by atoms with Crippen LogP contribution in [0.3, 0.4) is 0 Å². The fraction of sp³-hybridized carbons (Fsp3) is 0.500. The molecule has 1 aromatic heterocycles. The number of carbonyl (C=O) groups excluding carboxylic acids is 1. The summed E-state index contributed by atoms with van der Waals surface area (Å²) in [6, 6.07) is 7.74. The second-order valence-electron chi connectivity index (χ2n) is 6.31. The summed E-state index contributed by atoms with van der Waals surface area (Å²) in [5, 5.41) is 3.69. The molecule has 1 fully saturated rings. The number of hydrogen-bond acceptors (Lipinski definition) is 3. The van der Waals surface area contributed by atoms with Crippen molar-refractivity contribution in [2.75, 3.05) is 0 Å². The van der Waals surface area contributed by atoms with Crippen LogP contribution in [0.15, 0.2) is 29.1 Å². The maximum atomic E-state index is 12.5. The van der Waals surface area contributed by atoms with E-state index in [0.717, 1.165) is 18.4 Å². The molecule has 23 heavy (non-hydrogen) atoms. The minimum absolute atomic E-state index is 0.0262. The Morgan fingerprint density at radius 2 is 2.17 bits per heavy atom. The van der Waals surface area contributed by atoms with Crippen molar-refractivity contribution >= 4 is 16.8 Å². The van der Waals surface area contributed by atoms with Crippen molar-refractivity contribution in [1.82, 2.24) is 14.9 Å². The summed E-state index contributed by atoms with van der Waals surface area (Å²) in [6.45, 7) is 4.51. The Labute approximate surface area is 135 Å². The SMILES string of the molecule is CC[C@@H]1C[C@H]1NC(=O)CCCn1c(C)nc2ccccc2c1=O. The van der Waals surface area contributed by atoms with Crippen LogP contribution in [0, 0.1) is 12.8 Å². The largest absolute Gasteiger partial charge is 0.353 e. The van der Waals surface area contributed by atoms with Gasteiger partial charge >= 0.3 is 0 Å². The number of amides is 1. The van der Waals surface area contributed by atoms with Gasteiger partial charge in [0.15, 0.2) is 0 Å². The molecule has 122 valence electrons. The molecule has 1 heterocycles. The Morgan fingerprint density at radius 3 is 2.91 bits per heavy atom. The van der Waals surface area contributed by atoms with E-state index in [2.05, 4.69) is 17.2 Å². The van der Waals surface area contributed by atoms with Gasteiger partial charge in [-0.25, -0.2) is 4.98 Å². The van der Waals surface area contributed by atoms with Gasteiger partial charge in [0.1, 0.15) is 5.82 Å². The zero-order chi connectivity index (χ0) is 16.4. The summed E-state index contributed by atoms with van der Waals surface area (Å²) in [6.07, 6.45) is 3.33. The van der Waals surface area contributed by atoms with Crippen LogP contribution in [0.4, 0.5) is 0 Å². The standard InChI is InChI=1S/C18H23N3O2/c1-3-13-11-16(13)20-17(22)9-6-10-21-12(2)19-15-8-5-4-7-14(15)18(21)23/h4-5,7-8,13,16H,3,6,9-11H2,1-2H3,(H,20,22)/t13-,16-/m1/s1. The van der Waals surface area contributed by atoms with Crippen LogP contribution in [-0.2, 0) is 11.3 Å². The van der Waals surface area contributed by atoms with Crippen LogP contribution in [-0.4, -0.2) is 21.5 Å². The molecule has 1 N–H and O–H groups in total. The molecular weight excluding hydrogens is 290 g/mol. The predicted molar refractivity (Wildman–Crippen MR) is 90.3 cm³/mol. The third-order valence-electron chi connectivity index (χ3n) is 4.63. The highest BCUT2D eigenvalue weighted by atomic mass is 16.1. The number of aromatic nitrogens is 2. The molecule has 1 aliphatic rings. The number of nitrogens with zero attached hydrogens (tertiary/aromatic N) is 2. The number of aryl methyl sites for hydroxylation is 1. The van der Waals surface area contributed by atoms with Crippen molar-refractivity contribution in [3.05, 3.63) is 40.4 Å². The second-order valence-corrected chi connectivity index (χ2v) is 6.31. The van der Waals surface area contributed by atoms with Crippen LogP contribution in [0.25, 0.3) is 10.9 Å². The van der Waals surface area contributed by atoms with Crippen LogP contribution in [0.2, 0.25) is 0 Å². The van der Waals surface area contributed by atoms with Gasteiger partial charge in [-0.05, 0) is 37.8 Å². The third kappa shape index (κ3) is 3.44. The van der Waals surface area contributed by atoms with E-state index < -0.39 is 0 Å². The number of hydrogen-bond donors (Lipinski definition) is 1. The lowest BCUT2D eigenvalue weighted by molar-refractivity contribution is -0.121. The molecule has 1 aromatic carbocycles. The van der Waals surface area contributed by atoms with Crippen molar-refractivity contribution < 1.29 is 4.79 Å². The van der Waals surface area contributed by atoms with Crippen LogP contribution in [0.5, 0.6) is 0 Å². The van der Waals surface area contributed by atoms with E-state index >= 15 is 0 Å². The van der Waals surface area contributed by atoms with Gasteiger partial charge in [0.2, 0.25) is 5.91 Å². The average molecular weight is 313 g/mol. The summed E-state index contributed by atoms with van der Waals surface area (Å²) < 4.78 is 1.67. The maximum absolute atomic E-state index is 12.5. The quantitative estimate of drug-likeness (QED) is 0.890. The topological polar surface area (TPSA) is 64.0 Å². The van der Waals surface area contributed by atoms with E-state index in [4.69, 9.17) is 0 Å². The fourth-order valence-electron chi connectivity index (χ4n) is 3.09. The van der Waals surface area contributed by atoms with Gasteiger partial charge < -0.3 is 5.32 Å². The van der Waals surface area contributed by atoms with Crippen molar-refractivity contribution in [2.24, 2.45) is 5.92 Å².